The van der Waals surface area contributed by atoms with Gasteiger partial charge < -0.3 is 10.2 Å². The van der Waals surface area contributed by atoms with Gasteiger partial charge in [0.1, 0.15) is 5.69 Å². The molecule has 2 aromatic rings. The molecule has 6 heteroatoms. The summed E-state index contributed by atoms with van der Waals surface area (Å²) in [4.78, 5) is 23.4. The predicted octanol–water partition coefficient (Wildman–Crippen LogP) is 3.29. The molecule has 22 heavy (non-hydrogen) atoms. The lowest BCUT2D eigenvalue weighted by molar-refractivity contribution is 0.102. The van der Waals surface area contributed by atoms with Crippen molar-refractivity contribution in [1.29, 1.82) is 0 Å². The second-order valence-electron chi connectivity index (χ2n) is 5.32. The van der Waals surface area contributed by atoms with Gasteiger partial charge in [0.25, 0.3) is 5.91 Å². The van der Waals surface area contributed by atoms with E-state index < -0.39 is 0 Å². The molecule has 0 unspecified atom stereocenters. The quantitative estimate of drug-likeness (QED) is 0.944. The molecular formula is C16H17ClN4O. The summed E-state index contributed by atoms with van der Waals surface area (Å²) in [6.07, 6.45) is 2.27. The molecule has 1 aliphatic rings. The summed E-state index contributed by atoms with van der Waals surface area (Å²) in [5, 5.41) is 3.29. The smallest absolute Gasteiger partial charge is 0.274 e. The Labute approximate surface area is 134 Å². The van der Waals surface area contributed by atoms with Crippen LogP contribution in [0.2, 0.25) is 5.02 Å². The normalized spacial score (nSPS) is 14.2. The molecule has 2 heterocycles. The molecule has 5 nitrogen and oxygen atoms in total. The van der Waals surface area contributed by atoms with Crippen LogP contribution in [0.4, 0.5) is 11.6 Å². The molecule has 0 spiro atoms. The second kappa shape index (κ2) is 6.32. The summed E-state index contributed by atoms with van der Waals surface area (Å²) >= 11 is 6.07. The van der Waals surface area contributed by atoms with Crippen molar-refractivity contribution in [3.05, 3.63) is 46.7 Å². The lowest BCUT2D eigenvalue weighted by Crippen LogP contribution is -2.23. The fourth-order valence-corrected chi connectivity index (χ4v) is 2.66. The van der Waals surface area contributed by atoms with Gasteiger partial charge in [-0.15, -0.1) is 0 Å². The monoisotopic (exact) mass is 316 g/mol. The molecule has 0 radical (unpaired) electrons. The molecule has 1 aromatic heterocycles. The molecule has 1 N–H and O–H groups in total. The van der Waals surface area contributed by atoms with Crippen LogP contribution in [0.5, 0.6) is 0 Å². The third-order valence-electron chi connectivity index (χ3n) is 3.59. The highest BCUT2D eigenvalue weighted by Gasteiger charge is 2.18. The number of amides is 1. The lowest BCUT2D eigenvalue weighted by atomic mass is 10.3. The Hall–Kier alpha value is -2.14. The van der Waals surface area contributed by atoms with Crippen molar-refractivity contribution in [1.82, 2.24) is 9.97 Å². The number of nitrogens with zero attached hydrogens (tertiary/aromatic N) is 3. The Kier molecular flexibility index (Phi) is 4.24. The molecular weight excluding hydrogens is 300 g/mol. The maximum absolute atomic E-state index is 12.4. The summed E-state index contributed by atoms with van der Waals surface area (Å²) in [6, 6.07) is 8.82. The van der Waals surface area contributed by atoms with Crippen LogP contribution in [0.1, 0.15) is 29.0 Å². The van der Waals surface area contributed by atoms with Crippen LogP contribution in [0.25, 0.3) is 0 Å². The first-order valence-corrected chi connectivity index (χ1v) is 7.68. The van der Waals surface area contributed by atoms with Crippen LogP contribution in [-0.2, 0) is 0 Å². The summed E-state index contributed by atoms with van der Waals surface area (Å²) in [5.74, 6) is 0.348. The van der Waals surface area contributed by atoms with Gasteiger partial charge in [-0.2, -0.15) is 0 Å². The molecule has 114 valence electrons. The van der Waals surface area contributed by atoms with Crippen molar-refractivity contribution in [3.8, 4) is 0 Å². The van der Waals surface area contributed by atoms with Crippen LogP contribution in [0, 0.1) is 6.92 Å². The topological polar surface area (TPSA) is 58.1 Å². The fourth-order valence-electron chi connectivity index (χ4n) is 2.48. The number of benzene rings is 1. The van der Waals surface area contributed by atoms with E-state index in [1.807, 2.05) is 19.1 Å². The Morgan fingerprint density at radius 2 is 1.95 bits per heavy atom. The van der Waals surface area contributed by atoms with E-state index in [1.54, 1.807) is 18.2 Å². The van der Waals surface area contributed by atoms with Crippen LogP contribution >= 0.6 is 11.6 Å². The van der Waals surface area contributed by atoms with Gasteiger partial charge in [0, 0.05) is 18.8 Å². The van der Waals surface area contributed by atoms with Crippen molar-refractivity contribution in [2.24, 2.45) is 0 Å². The third kappa shape index (κ3) is 3.20. The molecule has 0 saturated carbocycles. The number of hydrogen-bond acceptors (Lipinski definition) is 4. The van der Waals surface area contributed by atoms with E-state index in [4.69, 9.17) is 11.6 Å². The summed E-state index contributed by atoms with van der Waals surface area (Å²) in [7, 11) is 0. The van der Waals surface area contributed by atoms with Gasteiger partial charge in [0.05, 0.1) is 10.7 Å². The van der Waals surface area contributed by atoms with Gasteiger partial charge in [-0.3, -0.25) is 4.79 Å². The minimum Gasteiger partial charge on any atom is -0.341 e. The second-order valence-corrected chi connectivity index (χ2v) is 5.73. The van der Waals surface area contributed by atoms with E-state index >= 15 is 0 Å². The van der Waals surface area contributed by atoms with Crippen LogP contribution in [0.3, 0.4) is 0 Å². The number of anilines is 2. The van der Waals surface area contributed by atoms with E-state index in [9.17, 15) is 4.79 Å². The third-order valence-corrected chi connectivity index (χ3v) is 3.92. The summed E-state index contributed by atoms with van der Waals surface area (Å²) in [5.41, 5.74) is 1.71. The zero-order valence-corrected chi connectivity index (χ0v) is 13.1. The standard InChI is InChI=1S/C16H17ClN4O/c1-11-10-14(20-16(18-11)21-8-4-5-9-21)15(22)19-13-7-3-2-6-12(13)17/h2-3,6-7,10H,4-5,8-9H2,1H3,(H,19,22). The van der Waals surface area contributed by atoms with E-state index in [0.717, 1.165) is 31.6 Å². The molecule has 1 aromatic carbocycles. The predicted molar refractivity (Wildman–Crippen MR) is 87.6 cm³/mol. The lowest BCUT2D eigenvalue weighted by Gasteiger charge is -2.16. The van der Waals surface area contributed by atoms with Crippen molar-refractivity contribution >= 4 is 29.1 Å². The van der Waals surface area contributed by atoms with Crippen LogP contribution in [0.15, 0.2) is 30.3 Å². The average Bonchev–Trinajstić information content (AvgIpc) is 3.03. The highest BCUT2D eigenvalue weighted by molar-refractivity contribution is 6.33. The Morgan fingerprint density at radius 3 is 2.68 bits per heavy atom. The zero-order chi connectivity index (χ0) is 15.5. The molecule has 1 aliphatic heterocycles. The average molecular weight is 317 g/mol. The van der Waals surface area contributed by atoms with Gasteiger partial charge >= 0.3 is 0 Å². The zero-order valence-electron chi connectivity index (χ0n) is 12.3. The first-order chi connectivity index (χ1) is 10.6. The number of para-hydroxylation sites is 1. The van der Waals surface area contributed by atoms with Crippen molar-refractivity contribution < 1.29 is 4.79 Å². The number of nitrogens with one attached hydrogen (secondary N) is 1. The molecule has 0 bridgehead atoms. The number of rotatable bonds is 3. The number of hydrogen-bond donors (Lipinski definition) is 1. The molecule has 1 saturated heterocycles. The molecule has 0 atom stereocenters. The largest absolute Gasteiger partial charge is 0.341 e. The van der Waals surface area contributed by atoms with Gasteiger partial charge in [-0.05, 0) is 38.0 Å². The van der Waals surface area contributed by atoms with Crippen molar-refractivity contribution in [2.75, 3.05) is 23.3 Å². The van der Waals surface area contributed by atoms with E-state index in [2.05, 4.69) is 20.2 Å². The Balaban J connectivity index is 1.84. The maximum atomic E-state index is 12.4. The minimum absolute atomic E-state index is 0.279. The summed E-state index contributed by atoms with van der Waals surface area (Å²) < 4.78 is 0. The molecule has 1 fully saturated rings. The first-order valence-electron chi connectivity index (χ1n) is 7.30. The van der Waals surface area contributed by atoms with E-state index in [1.165, 1.54) is 0 Å². The number of halogens is 1. The van der Waals surface area contributed by atoms with Gasteiger partial charge in [-0.1, -0.05) is 23.7 Å². The van der Waals surface area contributed by atoms with E-state index in [-0.39, 0.29) is 5.91 Å². The Bertz CT molecular complexity index is 698. The molecule has 1 amide bonds. The molecule has 3 rings (SSSR count). The van der Waals surface area contributed by atoms with Crippen molar-refractivity contribution in [2.45, 2.75) is 19.8 Å². The summed E-state index contributed by atoms with van der Waals surface area (Å²) in [6.45, 7) is 3.75. The molecule has 0 aliphatic carbocycles. The minimum atomic E-state index is -0.279. The van der Waals surface area contributed by atoms with Gasteiger partial charge in [0.2, 0.25) is 5.95 Å². The first kappa shape index (κ1) is 14.8. The van der Waals surface area contributed by atoms with Gasteiger partial charge in [0.15, 0.2) is 0 Å². The number of aryl methyl sites for hydroxylation is 1. The maximum Gasteiger partial charge on any atom is 0.274 e. The fraction of sp³-hybridized carbons (Fsp3) is 0.312. The van der Waals surface area contributed by atoms with Crippen LogP contribution < -0.4 is 10.2 Å². The van der Waals surface area contributed by atoms with E-state index in [0.29, 0.717) is 22.4 Å². The van der Waals surface area contributed by atoms with Crippen molar-refractivity contribution in [3.63, 3.8) is 0 Å². The highest BCUT2D eigenvalue weighted by atomic mass is 35.5. The number of carbonyl (C=O) groups is 1. The van der Waals surface area contributed by atoms with Crippen LogP contribution in [-0.4, -0.2) is 29.0 Å². The Morgan fingerprint density at radius 1 is 1.23 bits per heavy atom. The number of aromatic nitrogens is 2. The highest BCUT2D eigenvalue weighted by Crippen LogP contribution is 2.22. The number of carbonyl (C=O) groups excluding carboxylic acids is 1. The SMILES string of the molecule is Cc1cc(C(=O)Nc2ccccc2Cl)nc(N2CCCC2)n1. The van der Waals surface area contributed by atoms with Gasteiger partial charge in [-0.25, -0.2) is 9.97 Å².